The molecule has 2 amide bonds. The van der Waals surface area contributed by atoms with Crippen LogP contribution >= 0.6 is 0 Å². The van der Waals surface area contributed by atoms with Crippen LogP contribution in [0.1, 0.15) is 46.0 Å². The number of carbonyl (C=O) groups is 2. The Morgan fingerprint density at radius 1 is 1.30 bits per heavy atom. The van der Waals surface area contributed by atoms with Gasteiger partial charge in [0.25, 0.3) is 0 Å². The Balaban J connectivity index is 2.14. The number of hydrogen-bond acceptors (Lipinski definition) is 3. The Hall–Kier alpha value is -1.36. The molecular formula is C15H27N3O2. The molecule has 5 nitrogen and oxygen atoms in total. The first-order chi connectivity index (χ1) is 9.50. The largest absolute Gasteiger partial charge is 0.354 e. The molecule has 0 aliphatic heterocycles. The number of hydrogen-bond donors (Lipinski definition) is 3. The molecule has 1 aliphatic carbocycles. The summed E-state index contributed by atoms with van der Waals surface area (Å²) in [7, 11) is 0. The highest BCUT2D eigenvalue weighted by atomic mass is 16.2. The molecule has 4 N–H and O–H groups in total. The van der Waals surface area contributed by atoms with Gasteiger partial charge in [-0.2, -0.15) is 0 Å². The number of nitrogens with one attached hydrogen (secondary N) is 2. The van der Waals surface area contributed by atoms with Gasteiger partial charge in [0.1, 0.15) is 0 Å². The Morgan fingerprint density at radius 3 is 2.65 bits per heavy atom. The lowest BCUT2D eigenvalue weighted by Gasteiger charge is -2.15. The van der Waals surface area contributed by atoms with E-state index in [0.29, 0.717) is 6.54 Å². The maximum atomic E-state index is 11.6. The molecule has 0 bridgehead atoms. The predicted molar refractivity (Wildman–Crippen MR) is 80.0 cm³/mol. The van der Waals surface area contributed by atoms with Gasteiger partial charge in [-0.1, -0.05) is 25.5 Å². The van der Waals surface area contributed by atoms with Crippen molar-refractivity contribution in [2.45, 2.75) is 52.0 Å². The number of nitrogens with two attached hydrogens (primary N) is 1. The summed E-state index contributed by atoms with van der Waals surface area (Å²) in [5.74, 6) is -0.368. The van der Waals surface area contributed by atoms with E-state index in [1.54, 1.807) is 0 Å². The van der Waals surface area contributed by atoms with E-state index >= 15 is 0 Å². The Labute approximate surface area is 121 Å². The van der Waals surface area contributed by atoms with Gasteiger partial charge in [-0.25, -0.2) is 0 Å². The summed E-state index contributed by atoms with van der Waals surface area (Å²) >= 11 is 0. The fourth-order valence-corrected chi connectivity index (χ4v) is 2.14. The first kappa shape index (κ1) is 16.7. The van der Waals surface area contributed by atoms with Crippen LogP contribution < -0.4 is 16.4 Å². The van der Waals surface area contributed by atoms with Gasteiger partial charge in [0, 0.05) is 6.54 Å². The van der Waals surface area contributed by atoms with Crippen molar-refractivity contribution in [1.29, 1.82) is 0 Å². The summed E-state index contributed by atoms with van der Waals surface area (Å²) in [6.45, 7) is 4.39. The number of rotatable bonds is 7. The molecule has 0 spiro atoms. The summed E-state index contributed by atoms with van der Waals surface area (Å²) in [5.41, 5.74) is 7.13. The van der Waals surface area contributed by atoms with Gasteiger partial charge in [0.15, 0.2) is 0 Å². The van der Waals surface area contributed by atoms with Crippen LogP contribution in [0.2, 0.25) is 0 Å². The molecule has 0 saturated carbocycles. The van der Waals surface area contributed by atoms with E-state index in [1.807, 2.05) is 13.8 Å². The monoisotopic (exact) mass is 281 g/mol. The van der Waals surface area contributed by atoms with Crippen molar-refractivity contribution in [2.24, 2.45) is 11.7 Å². The maximum Gasteiger partial charge on any atom is 0.239 e. The van der Waals surface area contributed by atoms with E-state index in [0.717, 1.165) is 19.3 Å². The molecule has 0 saturated heterocycles. The maximum absolute atomic E-state index is 11.6. The molecule has 20 heavy (non-hydrogen) atoms. The van der Waals surface area contributed by atoms with Crippen LogP contribution in [-0.4, -0.2) is 30.9 Å². The molecule has 0 aromatic heterocycles. The average molecular weight is 281 g/mol. The van der Waals surface area contributed by atoms with Crippen LogP contribution in [0.3, 0.4) is 0 Å². The van der Waals surface area contributed by atoms with Crippen molar-refractivity contribution in [3.63, 3.8) is 0 Å². The highest BCUT2D eigenvalue weighted by molar-refractivity contribution is 5.87. The second kappa shape index (κ2) is 8.74. The van der Waals surface area contributed by atoms with Crippen molar-refractivity contribution in [1.82, 2.24) is 10.6 Å². The van der Waals surface area contributed by atoms with Crippen molar-refractivity contribution < 1.29 is 9.59 Å². The average Bonchev–Trinajstić information content (AvgIpc) is 2.45. The van der Waals surface area contributed by atoms with Crippen LogP contribution in [0.5, 0.6) is 0 Å². The zero-order valence-corrected chi connectivity index (χ0v) is 12.6. The molecule has 0 fully saturated rings. The summed E-state index contributed by atoms with van der Waals surface area (Å²) in [5, 5.41) is 5.38. The smallest absolute Gasteiger partial charge is 0.239 e. The molecule has 0 unspecified atom stereocenters. The lowest BCUT2D eigenvalue weighted by Crippen LogP contribution is -2.47. The standard InChI is InChI=1S/C15H27N3O2/c1-11(2)14(16)15(20)18-10-13(19)17-9-8-12-6-4-3-5-7-12/h6,11,14H,3-5,7-10,16H2,1-2H3,(H,17,19)(H,18,20)/t14-/m0/s1. The first-order valence-electron chi connectivity index (χ1n) is 7.48. The molecule has 114 valence electrons. The molecule has 1 rings (SSSR count). The lowest BCUT2D eigenvalue weighted by atomic mass is 9.97. The Morgan fingerprint density at radius 2 is 2.05 bits per heavy atom. The van der Waals surface area contributed by atoms with Gasteiger partial charge in [-0.3, -0.25) is 9.59 Å². The van der Waals surface area contributed by atoms with E-state index in [1.165, 1.54) is 18.4 Å². The van der Waals surface area contributed by atoms with Crippen LogP contribution in [0.4, 0.5) is 0 Å². The minimum Gasteiger partial charge on any atom is -0.354 e. The molecular weight excluding hydrogens is 254 g/mol. The van der Waals surface area contributed by atoms with Crippen LogP contribution in [0.15, 0.2) is 11.6 Å². The minimum absolute atomic E-state index is 0.00169. The van der Waals surface area contributed by atoms with E-state index in [9.17, 15) is 9.59 Å². The topological polar surface area (TPSA) is 84.2 Å². The Kier molecular flexibility index (Phi) is 7.30. The fourth-order valence-electron chi connectivity index (χ4n) is 2.14. The van der Waals surface area contributed by atoms with E-state index < -0.39 is 6.04 Å². The van der Waals surface area contributed by atoms with Crippen LogP contribution in [0, 0.1) is 5.92 Å². The zero-order valence-electron chi connectivity index (χ0n) is 12.6. The van der Waals surface area contributed by atoms with Crippen molar-refractivity contribution in [3.05, 3.63) is 11.6 Å². The highest BCUT2D eigenvalue weighted by Crippen LogP contribution is 2.19. The molecule has 0 heterocycles. The van der Waals surface area contributed by atoms with Gasteiger partial charge in [0.05, 0.1) is 12.6 Å². The third-order valence-corrected chi connectivity index (χ3v) is 3.60. The normalized spacial score (nSPS) is 16.5. The quantitative estimate of drug-likeness (QED) is 0.611. The van der Waals surface area contributed by atoms with E-state index in [-0.39, 0.29) is 24.3 Å². The number of amides is 2. The summed E-state index contributed by atoms with van der Waals surface area (Å²) in [4.78, 5) is 23.2. The molecule has 5 heteroatoms. The van der Waals surface area contributed by atoms with Gasteiger partial charge in [-0.15, -0.1) is 0 Å². The summed E-state index contributed by atoms with van der Waals surface area (Å²) < 4.78 is 0. The zero-order chi connectivity index (χ0) is 15.0. The van der Waals surface area contributed by atoms with Gasteiger partial charge >= 0.3 is 0 Å². The number of carbonyl (C=O) groups excluding carboxylic acids is 2. The van der Waals surface area contributed by atoms with Crippen LogP contribution in [-0.2, 0) is 9.59 Å². The third kappa shape index (κ3) is 6.19. The van der Waals surface area contributed by atoms with Crippen molar-refractivity contribution >= 4 is 11.8 Å². The second-order valence-corrected chi connectivity index (χ2v) is 5.70. The first-order valence-corrected chi connectivity index (χ1v) is 7.48. The van der Waals surface area contributed by atoms with Gasteiger partial charge < -0.3 is 16.4 Å². The highest BCUT2D eigenvalue weighted by Gasteiger charge is 2.17. The third-order valence-electron chi connectivity index (χ3n) is 3.60. The van der Waals surface area contributed by atoms with Crippen LogP contribution in [0.25, 0.3) is 0 Å². The molecule has 0 aromatic carbocycles. The lowest BCUT2D eigenvalue weighted by molar-refractivity contribution is -0.127. The van der Waals surface area contributed by atoms with Gasteiger partial charge in [-0.05, 0) is 38.0 Å². The molecule has 0 radical (unpaired) electrons. The molecule has 1 aliphatic rings. The minimum atomic E-state index is -0.560. The predicted octanol–water partition coefficient (Wildman–Crippen LogP) is 1.09. The SMILES string of the molecule is CC(C)[C@H](N)C(=O)NCC(=O)NCCC1=CCCCC1. The molecule has 1 atom stereocenters. The molecule has 0 aromatic rings. The second-order valence-electron chi connectivity index (χ2n) is 5.70. The van der Waals surface area contributed by atoms with Crippen molar-refractivity contribution in [2.75, 3.05) is 13.1 Å². The van der Waals surface area contributed by atoms with Gasteiger partial charge in [0.2, 0.25) is 11.8 Å². The number of allylic oxidation sites excluding steroid dienone is 1. The van der Waals surface area contributed by atoms with E-state index in [2.05, 4.69) is 16.7 Å². The summed E-state index contributed by atoms with van der Waals surface area (Å²) in [6, 6.07) is -0.560. The summed E-state index contributed by atoms with van der Waals surface area (Å²) in [6.07, 6.45) is 8.02. The van der Waals surface area contributed by atoms with Crippen molar-refractivity contribution in [3.8, 4) is 0 Å². The Bertz CT molecular complexity index is 364. The fraction of sp³-hybridized carbons (Fsp3) is 0.733. The van der Waals surface area contributed by atoms with E-state index in [4.69, 9.17) is 5.73 Å².